The quantitative estimate of drug-likeness (QED) is 0.470. The van der Waals surface area contributed by atoms with Gasteiger partial charge in [0, 0.05) is 17.5 Å². The van der Waals surface area contributed by atoms with Gasteiger partial charge in [-0.05, 0) is 44.5 Å². The number of hydrogen-bond donors (Lipinski definition) is 1. The van der Waals surface area contributed by atoms with Crippen LogP contribution in [0.15, 0.2) is 48.5 Å². The van der Waals surface area contributed by atoms with E-state index in [1.165, 1.54) is 6.07 Å². The minimum Gasteiger partial charge on any atom is -0.319 e. The largest absolute Gasteiger partial charge is 0.319 e. The van der Waals surface area contributed by atoms with Crippen LogP contribution >= 0.6 is 0 Å². The summed E-state index contributed by atoms with van der Waals surface area (Å²) in [5.74, 6) is -0.167. The molecule has 0 aromatic heterocycles. The Morgan fingerprint density at radius 3 is 2.46 bits per heavy atom. The van der Waals surface area contributed by atoms with Crippen LogP contribution < -0.4 is 5.32 Å². The molecule has 3 rings (SSSR count). The fourth-order valence-electron chi connectivity index (χ4n) is 3.48. The molecule has 1 fully saturated rings. The number of nitrogens with zero attached hydrogens (tertiary/aromatic N) is 2. The van der Waals surface area contributed by atoms with Crippen LogP contribution in [0.3, 0.4) is 0 Å². The van der Waals surface area contributed by atoms with E-state index in [1.54, 1.807) is 19.1 Å². The highest BCUT2D eigenvalue weighted by Gasteiger charge is 2.27. The number of aryl methyl sites for hydroxylation is 1. The predicted octanol–water partition coefficient (Wildman–Crippen LogP) is 3.44. The Balaban J connectivity index is 1.53. The zero-order valence-electron chi connectivity index (χ0n) is 15.8. The van der Waals surface area contributed by atoms with Gasteiger partial charge in [-0.25, -0.2) is 0 Å². The number of Topliss-reactive ketones (excluding diaryl/α,β-unsaturated/α-hetero) is 1. The van der Waals surface area contributed by atoms with E-state index in [-0.39, 0.29) is 35.5 Å². The molecule has 1 heterocycles. The first-order valence-corrected chi connectivity index (χ1v) is 9.30. The van der Waals surface area contributed by atoms with Gasteiger partial charge < -0.3 is 5.32 Å². The SMILES string of the molecule is Cc1ccc(NC(=O)CN2CCC(C(=O)c3ccccc3)CC2)c([N+](=O)[O-])c1. The van der Waals surface area contributed by atoms with Crippen molar-refractivity contribution in [2.24, 2.45) is 5.92 Å². The highest BCUT2D eigenvalue weighted by Crippen LogP contribution is 2.26. The number of piperidine rings is 1. The minimum absolute atomic E-state index is 0.0279. The van der Waals surface area contributed by atoms with Crippen molar-refractivity contribution in [3.8, 4) is 0 Å². The summed E-state index contributed by atoms with van der Waals surface area (Å²) in [6, 6.07) is 14.0. The van der Waals surface area contributed by atoms with Crippen LogP contribution in [-0.4, -0.2) is 41.1 Å². The highest BCUT2D eigenvalue weighted by molar-refractivity contribution is 5.98. The summed E-state index contributed by atoms with van der Waals surface area (Å²) < 4.78 is 0. The number of ketones is 1. The maximum atomic E-state index is 12.5. The first-order valence-electron chi connectivity index (χ1n) is 9.30. The number of benzene rings is 2. The van der Waals surface area contributed by atoms with Crippen molar-refractivity contribution in [3.63, 3.8) is 0 Å². The number of nitro benzene ring substituents is 1. The van der Waals surface area contributed by atoms with Crippen LogP contribution in [0.2, 0.25) is 0 Å². The first-order chi connectivity index (χ1) is 13.4. The molecule has 1 N–H and O–H groups in total. The van der Waals surface area contributed by atoms with E-state index in [1.807, 2.05) is 35.2 Å². The minimum atomic E-state index is -0.497. The first kappa shape index (κ1) is 19.7. The van der Waals surface area contributed by atoms with E-state index >= 15 is 0 Å². The predicted molar refractivity (Wildman–Crippen MR) is 106 cm³/mol. The third-order valence-corrected chi connectivity index (χ3v) is 5.01. The number of carbonyl (C=O) groups excluding carboxylic acids is 2. The van der Waals surface area contributed by atoms with Crippen molar-refractivity contribution in [1.29, 1.82) is 0 Å². The molecular formula is C21H23N3O4. The number of likely N-dealkylation sites (tertiary alicyclic amines) is 1. The van der Waals surface area contributed by atoms with Gasteiger partial charge in [-0.3, -0.25) is 24.6 Å². The summed E-state index contributed by atoms with van der Waals surface area (Å²) in [4.78, 5) is 37.5. The van der Waals surface area contributed by atoms with E-state index in [9.17, 15) is 19.7 Å². The van der Waals surface area contributed by atoms with Crippen molar-refractivity contribution in [3.05, 3.63) is 69.8 Å². The third-order valence-electron chi connectivity index (χ3n) is 5.01. The molecule has 0 bridgehead atoms. The summed E-state index contributed by atoms with van der Waals surface area (Å²) in [7, 11) is 0. The van der Waals surface area contributed by atoms with Gasteiger partial charge in [0.15, 0.2) is 5.78 Å². The molecule has 0 spiro atoms. The number of rotatable bonds is 6. The normalized spacial score (nSPS) is 15.2. The molecule has 1 aliphatic rings. The molecule has 2 aromatic rings. The lowest BCUT2D eigenvalue weighted by Gasteiger charge is -2.30. The number of nitrogens with one attached hydrogen (secondary N) is 1. The Bertz CT molecular complexity index is 874. The molecule has 1 saturated heterocycles. The Hall–Kier alpha value is -3.06. The second-order valence-corrected chi connectivity index (χ2v) is 7.11. The van der Waals surface area contributed by atoms with Crippen molar-refractivity contribution in [1.82, 2.24) is 4.90 Å². The molecular weight excluding hydrogens is 358 g/mol. The summed E-state index contributed by atoms with van der Waals surface area (Å²) in [6.45, 7) is 3.20. The van der Waals surface area contributed by atoms with E-state index in [4.69, 9.17) is 0 Å². The van der Waals surface area contributed by atoms with E-state index in [2.05, 4.69) is 5.32 Å². The topological polar surface area (TPSA) is 92.6 Å². The van der Waals surface area contributed by atoms with Crippen LogP contribution in [0.4, 0.5) is 11.4 Å². The van der Waals surface area contributed by atoms with Crippen LogP contribution in [-0.2, 0) is 4.79 Å². The summed E-state index contributed by atoms with van der Waals surface area (Å²) in [6.07, 6.45) is 1.40. The summed E-state index contributed by atoms with van der Waals surface area (Å²) in [5.41, 5.74) is 1.58. The zero-order chi connectivity index (χ0) is 20.1. The third kappa shape index (κ3) is 4.80. The maximum Gasteiger partial charge on any atom is 0.293 e. The van der Waals surface area contributed by atoms with Gasteiger partial charge in [0.2, 0.25) is 5.91 Å². The number of nitro groups is 1. The number of anilines is 1. The number of hydrogen-bond acceptors (Lipinski definition) is 5. The molecule has 7 nitrogen and oxygen atoms in total. The van der Waals surface area contributed by atoms with E-state index in [0.717, 1.165) is 11.1 Å². The molecule has 28 heavy (non-hydrogen) atoms. The average Bonchev–Trinajstić information content (AvgIpc) is 2.70. The van der Waals surface area contributed by atoms with E-state index in [0.29, 0.717) is 25.9 Å². The molecule has 7 heteroatoms. The number of carbonyl (C=O) groups is 2. The van der Waals surface area contributed by atoms with Gasteiger partial charge in [0.1, 0.15) is 5.69 Å². The summed E-state index contributed by atoms with van der Waals surface area (Å²) >= 11 is 0. The van der Waals surface area contributed by atoms with Gasteiger partial charge in [-0.15, -0.1) is 0 Å². The van der Waals surface area contributed by atoms with Gasteiger partial charge in [0.05, 0.1) is 11.5 Å². The Kier molecular flexibility index (Phi) is 6.16. The molecule has 1 aliphatic heterocycles. The highest BCUT2D eigenvalue weighted by atomic mass is 16.6. The zero-order valence-corrected chi connectivity index (χ0v) is 15.8. The van der Waals surface area contributed by atoms with Gasteiger partial charge in [0.25, 0.3) is 5.69 Å². The Morgan fingerprint density at radius 1 is 1.14 bits per heavy atom. The number of amides is 1. The van der Waals surface area contributed by atoms with Crippen molar-refractivity contribution < 1.29 is 14.5 Å². The fraction of sp³-hybridized carbons (Fsp3) is 0.333. The van der Waals surface area contributed by atoms with E-state index < -0.39 is 4.92 Å². The lowest BCUT2D eigenvalue weighted by molar-refractivity contribution is -0.384. The lowest BCUT2D eigenvalue weighted by atomic mass is 9.89. The Morgan fingerprint density at radius 2 is 1.82 bits per heavy atom. The van der Waals surface area contributed by atoms with Crippen LogP contribution in [0, 0.1) is 23.0 Å². The lowest BCUT2D eigenvalue weighted by Crippen LogP contribution is -2.40. The summed E-state index contributed by atoms with van der Waals surface area (Å²) in [5, 5.41) is 13.8. The monoisotopic (exact) mass is 381 g/mol. The maximum absolute atomic E-state index is 12.5. The van der Waals surface area contributed by atoms with Gasteiger partial charge in [-0.2, -0.15) is 0 Å². The fourth-order valence-corrected chi connectivity index (χ4v) is 3.48. The molecule has 0 unspecified atom stereocenters. The molecule has 0 radical (unpaired) electrons. The molecule has 1 amide bonds. The second kappa shape index (κ2) is 8.75. The molecule has 0 atom stereocenters. The average molecular weight is 381 g/mol. The van der Waals surface area contributed by atoms with Gasteiger partial charge >= 0.3 is 0 Å². The second-order valence-electron chi connectivity index (χ2n) is 7.11. The Labute approximate surface area is 163 Å². The van der Waals surface area contributed by atoms with Crippen molar-refractivity contribution >= 4 is 23.1 Å². The molecule has 0 saturated carbocycles. The van der Waals surface area contributed by atoms with Crippen LogP contribution in [0.25, 0.3) is 0 Å². The van der Waals surface area contributed by atoms with Crippen molar-refractivity contribution in [2.75, 3.05) is 25.0 Å². The molecule has 2 aromatic carbocycles. The molecule has 0 aliphatic carbocycles. The smallest absolute Gasteiger partial charge is 0.293 e. The van der Waals surface area contributed by atoms with Crippen LogP contribution in [0.5, 0.6) is 0 Å². The standard InChI is InChI=1S/C21H23N3O4/c1-15-7-8-18(19(13-15)24(27)28)22-20(25)14-23-11-9-17(10-12-23)21(26)16-5-3-2-4-6-16/h2-8,13,17H,9-12,14H2,1H3,(H,22,25). The van der Waals surface area contributed by atoms with Crippen LogP contribution in [0.1, 0.15) is 28.8 Å². The van der Waals surface area contributed by atoms with Gasteiger partial charge in [-0.1, -0.05) is 36.4 Å². The molecule has 146 valence electrons. The van der Waals surface area contributed by atoms with Crippen molar-refractivity contribution in [2.45, 2.75) is 19.8 Å².